The highest BCUT2D eigenvalue weighted by Gasteiger charge is 2.15. The minimum atomic E-state index is -0.469. The molecule has 0 amide bonds. The highest BCUT2D eigenvalue weighted by Crippen LogP contribution is 2.28. The molecule has 0 radical (unpaired) electrons. The zero-order chi connectivity index (χ0) is 13.0. The largest absolute Gasteiger partial charge is 0.496 e. The van der Waals surface area contributed by atoms with Crippen molar-refractivity contribution in [3.05, 3.63) is 28.3 Å². The van der Waals surface area contributed by atoms with Crippen molar-refractivity contribution in [3.8, 4) is 5.75 Å². The molecule has 0 bridgehead atoms. The molecule has 1 unspecified atom stereocenters. The molecule has 0 aliphatic carbocycles. The number of hydrogen-bond donors (Lipinski definition) is 1. The van der Waals surface area contributed by atoms with Crippen LogP contribution in [-0.2, 0) is 0 Å². The molecule has 0 spiro atoms. The van der Waals surface area contributed by atoms with E-state index in [0.717, 1.165) is 0 Å². The summed E-state index contributed by atoms with van der Waals surface area (Å²) in [6.07, 6.45) is 0. The summed E-state index contributed by atoms with van der Waals surface area (Å²) in [4.78, 5) is 12.1. The van der Waals surface area contributed by atoms with Crippen molar-refractivity contribution < 1.29 is 14.8 Å². The Kier molecular flexibility index (Phi) is 4.28. The molecule has 1 aromatic carbocycles. The van der Waals surface area contributed by atoms with Gasteiger partial charge in [0.05, 0.1) is 24.7 Å². The van der Waals surface area contributed by atoms with E-state index in [2.05, 4.69) is 0 Å². The van der Waals surface area contributed by atoms with Crippen molar-refractivity contribution in [1.82, 2.24) is 0 Å². The van der Waals surface area contributed by atoms with E-state index in [1.807, 2.05) is 6.92 Å². The number of aliphatic hydroxyl groups is 1. The van der Waals surface area contributed by atoms with Crippen molar-refractivity contribution in [2.45, 2.75) is 13.0 Å². The second kappa shape index (κ2) is 5.49. The molecule has 0 saturated heterocycles. The van der Waals surface area contributed by atoms with E-state index >= 15 is 0 Å². The molecule has 0 heterocycles. The van der Waals surface area contributed by atoms with Crippen LogP contribution in [0.4, 0.5) is 11.4 Å². The summed E-state index contributed by atoms with van der Waals surface area (Å²) in [6.45, 7) is 1.80. The maximum absolute atomic E-state index is 10.8. The number of nitro groups is 1. The van der Waals surface area contributed by atoms with Gasteiger partial charge in [-0.1, -0.05) is 0 Å². The molecular formula is C11H16N2O4. The SMILES string of the molecule is COc1cc(N(C)C(C)CO)cc([N+](=O)[O-])c1. The highest BCUT2D eigenvalue weighted by atomic mass is 16.6. The van der Waals surface area contributed by atoms with E-state index in [1.165, 1.54) is 19.2 Å². The average molecular weight is 240 g/mol. The predicted octanol–water partition coefficient (Wildman–Crippen LogP) is 1.42. The molecule has 0 aliphatic rings. The van der Waals surface area contributed by atoms with E-state index in [1.54, 1.807) is 18.0 Å². The predicted molar refractivity (Wildman–Crippen MR) is 64.6 cm³/mol. The third-order valence-electron chi connectivity index (χ3n) is 2.66. The molecule has 1 atom stereocenters. The van der Waals surface area contributed by atoms with Crippen molar-refractivity contribution in [3.63, 3.8) is 0 Å². The number of methoxy groups -OCH3 is 1. The third kappa shape index (κ3) is 3.07. The Morgan fingerprint density at radius 3 is 2.65 bits per heavy atom. The minimum Gasteiger partial charge on any atom is -0.496 e. The first kappa shape index (κ1) is 13.2. The van der Waals surface area contributed by atoms with Crippen LogP contribution in [-0.4, -0.2) is 36.8 Å². The number of nitro benzene ring substituents is 1. The number of ether oxygens (including phenoxy) is 1. The van der Waals surface area contributed by atoms with Gasteiger partial charge < -0.3 is 14.7 Å². The van der Waals surface area contributed by atoms with Gasteiger partial charge in [-0.2, -0.15) is 0 Å². The van der Waals surface area contributed by atoms with Gasteiger partial charge in [0, 0.05) is 30.9 Å². The molecule has 0 fully saturated rings. The topological polar surface area (TPSA) is 75.8 Å². The summed E-state index contributed by atoms with van der Waals surface area (Å²) in [5.41, 5.74) is 0.605. The molecule has 1 rings (SSSR count). The van der Waals surface area contributed by atoms with Crippen LogP contribution in [0.25, 0.3) is 0 Å². The minimum absolute atomic E-state index is 0.0263. The van der Waals surface area contributed by atoms with E-state index in [9.17, 15) is 10.1 Å². The Labute approximate surface area is 99.6 Å². The van der Waals surface area contributed by atoms with Crippen LogP contribution in [0.3, 0.4) is 0 Å². The van der Waals surface area contributed by atoms with E-state index in [-0.39, 0.29) is 18.3 Å². The number of rotatable bonds is 5. The number of likely N-dealkylation sites (N-methyl/N-ethyl adjacent to an activating group) is 1. The highest BCUT2D eigenvalue weighted by molar-refractivity contribution is 5.58. The first-order valence-corrected chi connectivity index (χ1v) is 5.16. The maximum Gasteiger partial charge on any atom is 0.275 e. The van der Waals surface area contributed by atoms with Gasteiger partial charge in [0.1, 0.15) is 5.75 Å². The van der Waals surface area contributed by atoms with Crippen LogP contribution in [0.5, 0.6) is 5.75 Å². The third-order valence-corrected chi connectivity index (χ3v) is 2.66. The van der Waals surface area contributed by atoms with Crippen LogP contribution >= 0.6 is 0 Å². The fourth-order valence-electron chi connectivity index (χ4n) is 1.37. The lowest BCUT2D eigenvalue weighted by Gasteiger charge is -2.25. The Balaban J connectivity index is 3.14. The summed E-state index contributed by atoms with van der Waals surface area (Å²) in [6, 6.07) is 4.39. The zero-order valence-electron chi connectivity index (χ0n) is 10.1. The Morgan fingerprint density at radius 1 is 1.53 bits per heavy atom. The van der Waals surface area contributed by atoms with E-state index in [4.69, 9.17) is 9.84 Å². The number of hydrogen-bond acceptors (Lipinski definition) is 5. The van der Waals surface area contributed by atoms with Crippen molar-refractivity contribution in [1.29, 1.82) is 0 Å². The quantitative estimate of drug-likeness (QED) is 0.622. The molecule has 1 aromatic rings. The first-order chi connectivity index (χ1) is 7.99. The maximum atomic E-state index is 10.8. The number of nitrogens with zero attached hydrogens (tertiary/aromatic N) is 2. The second-order valence-corrected chi connectivity index (χ2v) is 3.79. The van der Waals surface area contributed by atoms with Gasteiger partial charge in [0.15, 0.2) is 0 Å². The van der Waals surface area contributed by atoms with Crippen LogP contribution < -0.4 is 9.64 Å². The first-order valence-electron chi connectivity index (χ1n) is 5.16. The van der Waals surface area contributed by atoms with Crippen molar-refractivity contribution in [2.24, 2.45) is 0 Å². The van der Waals surface area contributed by atoms with Gasteiger partial charge in [0.2, 0.25) is 0 Å². The Bertz CT molecular complexity index is 408. The second-order valence-electron chi connectivity index (χ2n) is 3.79. The summed E-state index contributed by atoms with van der Waals surface area (Å²) in [7, 11) is 3.22. The molecule has 6 nitrogen and oxygen atoms in total. The summed E-state index contributed by atoms with van der Waals surface area (Å²) in [5, 5.41) is 19.8. The van der Waals surface area contributed by atoms with Crippen LogP contribution in [0, 0.1) is 10.1 Å². The Hall–Kier alpha value is -1.82. The average Bonchev–Trinajstić information content (AvgIpc) is 2.36. The van der Waals surface area contributed by atoms with Crippen molar-refractivity contribution >= 4 is 11.4 Å². The molecule has 1 N–H and O–H groups in total. The van der Waals surface area contributed by atoms with Crippen LogP contribution in [0.2, 0.25) is 0 Å². The van der Waals surface area contributed by atoms with Gasteiger partial charge in [0.25, 0.3) is 5.69 Å². The lowest BCUT2D eigenvalue weighted by molar-refractivity contribution is -0.384. The van der Waals surface area contributed by atoms with Gasteiger partial charge in [-0.05, 0) is 6.92 Å². The lowest BCUT2D eigenvalue weighted by atomic mass is 10.2. The monoisotopic (exact) mass is 240 g/mol. The molecule has 0 saturated carbocycles. The molecule has 6 heteroatoms. The van der Waals surface area contributed by atoms with Gasteiger partial charge in [-0.25, -0.2) is 0 Å². The zero-order valence-corrected chi connectivity index (χ0v) is 10.1. The van der Waals surface area contributed by atoms with Crippen LogP contribution in [0.15, 0.2) is 18.2 Å². The molecule has 17 heavy (non-hydrogen) atoms. The van der Waals surface area contributed by atoms with E-state index in [0.29, 0.717) is 11.4 Å². The molecule has 94 valence electrons. The Morgan fingerprint density at radius 2 is 2.18 bits per heavy atom. The van der Waals surface area contributed by atoms with Gasteiger partial charge in [-0.15, -0.1) is 0 Å². The molecular weight excluding hydrogens is 224 g/mol. The number of non-ortho nitro benzene ring substituents is 1. The fraction of sp³-hybridized carbons (Fsp3) is 0.455. The number of benzene rings is 1. The lowest BCUT2D eigenvalue weighted by Crippen LogP contribution is -2.31. The molecule has 0 aromatic heterocycles. The van der Waals surface area contributed by atoms with Gasteiger partial charge in [-0.3, -0.25) is 10.1 Å². The van der Waals surface area contributed by atoms with Crippen molar-refractivity contribution in [2.75, 3.05) is 25.7 Å². The molecule has 0 aliphatic heterocycles. The standard InChI is InChI=1S/C11H16N2O4/c1-8(7-14)12(2)9-4-10(13(15)16)6-11(5-9)17-3/h4-6,8,14H,7H2,1-3H3. The normalized spacial score (nSPS) is 12.0. The smallest absolute Gasteiger partial charge is 0.275 e. The fourth-order valence-corrected chi connectivity index (χ4v) is 1.37. The number of anilines is 1. The summed E-state index contributed by atoms with van der Waals surface area (Å²) in [5.74, 6) is 0.422. The number of aliphatic hydroxyl groups excluding tert-OH is 1. The summed E-state index contributed by atoms with van der Waals surface area (Å²) < 4.78 is 5.02. The van der Waals surface area contributed by atoms with Gasteiger partial charge >= 0.3 is 0 Å². The van der Waals surface area contributed by atoms with Crippen LogP contribution in [0.1, 0.15) is 6.92 Å². The summed E-state index contributed by atoms with van der Waals surface area (Å²) >= 11 is 0. The van der Waals surface area contributed by atoms with E-state index < -0.39 is 4.92 Å².